The minimum atomic E-state index is -0.855. The van der Waals surface area contributed by atoms with E-state index in [-0.39, 0.29) is 28.7 Å². The van der Waals surface area contributed by atoms with Gasteiger partial charge < -0.3 is 4.74 Å². The summed E-state index contributed by atoms with van der Waals surface area (Å²) in [6.07, 6.45) is 4.56. The van der Waals surface area contributed by atoms with Crippen LogP contribution in [0.25, 0.3) is 0 Å². The van der Waals surface area contributed by atoms with E-state index >= 15 is 0 Å². The number of nitro benzene ring substituents is 1. The second-order valence-electron chi connectivity index (χ2n) is 8.81. The van der Waals surface area contributed by atoms with Gasteiger partial charge in [0.1, 0.15) is 12.3 Å². The van der Waals surface area contributed by atoms with Crippen LogP contribution in [0.1, 0.15) is 27.1 Å². The molecule has 0 unspecified atom stereocenters. The van der Waals surface area contributed by atoms with Crippen LogP contribution in [0.5, 0.6) is 5.75 Å². The van der Waals surface area contributed by atoms with Crippen LogP contribution in [0.2, 0.25) is 0 Å². The highest BCUT2D eigenvalue weighted by atomic mass is 16.6. The van der Waals surface area contributed by atoms with Crippen molar-refractivity contribution in [3.8, 4) is 5.75 Å². The van der Waals surface area contributed by atoms with Crippen LogP contribution >= 0.6 is 0 Å². The molecule has 2 aromatic rings. The predicted molar refractivity (Wildman–Crippen MR) is 121 cm³/mol. The van der Waals surface area contributed by atoms with Crippen molar-refractivity contribution in [3.05, 3.63) is 81.9 Å². The maximum atomic E-state index is 13.6. The normalized spacial score (nSPS) is 24.0. The van der Waals surface area contributed by atoms with E-state index in [1.165, 1.54) is 37.4 Å². The molecule has 0 spiro atoms. The van der Waals surface area contributed by atoms with Gasteiger partial charge in [-0.15, -0.1) is 0 Å². The number of methoxy groups -OCH3 is 1. The number of ether oxygens (including phenoxy) is 1. The lowest BCUT2D eigenvalue weighted by molar-refractivity contribution is -0.384. The molecule has 4 atom stereocenters. The monoisotopic (exact) mass is 475 g/mol. The molecule has 1 saturated heterocycles. The van der Waals surface area contributed by atoms with E-state index in [2.05, 4.69) is 0 Å². The number of allylic oxidation sites excluding steroid dienone is 2. The third-order valence-electron chi connectivity index (χ3n) is 6.91. The predicted octanol–water partition coefficient (Wildman–Crippen LogP) is 2.65. The molecule has 2 aliphatic carbocycles. The summed E-state index contributed by atoms with van der Waals surface area (Å²) in [5.74, 6) is -3.35. The lowest BCUT2D eigenvalue weighted by atomic mass is 9.85. The minimum absolute atomic E-state index is 0.0877. The summed E-state index contributed by atoms with van der Waals surface area (Å²) < 4.78 is 5.15. The van der Waals surface area contributed by atoms with Gasteiger partial charge in [-0.25, -0.2) is 5.01 Å². The van der Waals surface area contributed by atoms with Crippen molar-refractivity contribution in [1.29, 1.82) is 0 Å². The highest BCUT2D eigenvalue weighted by Crippen LogP contribution is 2.52. The maximum Gasteiger partial charge on any atom is 0.273 e. The van der Waals surface area contributed by atoms with E-state index in [1.54, 1.807) is 12.1 Å². The van der Waals surface area contributed by atoms with Crippen molar-refractivity contribution in [1.82, 2.24) is 10.0 Å². The lowest BCUT2D eigenvalue weighted by Gasteiger charge is -2.30. The number of nitrogens with zero attached hydrogens (tertiary/aromatic N) is 3. The van der Waals surface area contributed by atoms with Crippen molar-refractivity contribution >= 4 is 29.2 Å². The van der Waals surface area contributed by atoms with Gasteiger partial charge in [0.25, 0.3) is 23.4 Å². The van der Waals surface area contributed by atoms with Crippen LogP contribution in [0.15, 0.2) is 60.7 Å². The van der Waals surface area contributed by atoms with Gasteiger partial charge in [-0.2, -0.15) is 5.01 Å². The van der Waals surface area contributed by atoms with Crippen LogP contribution in [0, 0.1) is 33.8 Å². The topological polar surface area (TPSA) is 127 Å². The van der Waals surface area contributed by atoms with Gasteiger partial charge in [0.05, 0.1) is 23.9 Å². The number of carbonyl (C=O) groups excluding carboxylic acids is 4. The molecule has 5 rings (SSSR count). The molecule has 3 amide bonds. The summed E-state index contributed by atoms with van der Waals surface area (Å²) in [7, 11) is 1.45. The Morgan fingerprint density at radius 1 is 1.03 bits per heavy atom. The quantitative estimate of drug-likeness (QED) is 0.198. The van der Waals surface area contributed by atoms with Gasteiger partial charge >= 0.3 is 0 Å². The Bertz CT molecular complexity index is 1270. The molecule has 1 saturated carbocycles. The van der Waals surface area contributed by atoms with Gasteiger partial charge in [0.2, 0.25) is 0 Å². The standard InChI is InChI=1S/C25H21N3O7/c1-35-19-7-3-4-14(12-19)20(29)13-26(23(30)17-5-2-6-18(11-17)28(33)34)27-24(31)21-15-8-9-16(10-15)22(21)25(27)32/h2-9,11-12,15-16,21-22H,10,13H2,1H3/t15-,16-,21+,22+/m0/s1. The largest absolute Gasteiger partial charge is 0.497 e. The number of hydrogen-bond acceptors (Lipinski definition) is 7. The summed E-state index contributed by atoms with van der Waals surface area (Å²) in [5.41, 5.74) is -0.216. The number of imide groups is 1. The van der Waals surface area contributed by atoms with Gasteiger partial charge in [-0.05, 0) is 36.5 Å². The minimum Gasteiger partial charge on any atom is -0.497 e. The highest BCUT2D eigenvalue weighted by Gasteiger charge is 2.61. The van der Waals surface area contributed by atoms with Crippen molar-refractivity contribution in [2.45, 2.75) is 6.42 Å². The fourth-order valence-electron chi connectivity index (χ4n) is 5.28. The fourth-order valence-corrected chi connectivity index (χ4v) is 5.28. The number of fused-ring (bicyclic) bond motifs is 5. The Morgan fingerprint density at radius 2 is 1.66 bits per heavy atom. The second kappa shape index (κ2) is 8.46. The Kier molecular flexibility index (Phi) is 5.43. The molecule has 0 aromatic heterocycles. The Morgan fingerprint density at radius 3 is 2.29 bits per heavy atom. The van der Waals surface area contributed by atoms with E-state index in [1.807, 2.05) is 12.2 Å². The van der Waals surface area contributed by atoms with Crippen LogP contribution in [0.4, 0.5) is 5.69 Å². The molecule has 0 radical (unpaired) electrons. The number of carbonyl (C=O) groups is 4. The molecule has 1 heterocycles. The van der Waals surface area contributed by atoms with E-state index in [9.17, 15) is 29.3 Å². The number of benzene rings is 2. The summed E-state index contributed by atoms with van der Waals surface area (Å²) in [5, 5.41) is 12.8. The third-order valence-corrected chi connectivity index (χ3v) is 6.91. The van der Waals surface area contributed by atoms with Crippen molar-refractivity contribution < 1.29 is 28.8 Å². The number of hydrazine groups is 1. The van der Waals surface area contributed by atoms with Crippen molar-refractivity contribution in [3.63, 3.8) is 0 Å². The Labute approximate surface area is 199 Å². The molecule has 10 nitrogen and oxygen atoms in total. The first-order valence-electron chi connectivity index (χ1n) is 11.1. The van der Waals surface area contributed by atoms with Gasteiger partial charge in [0, 0.05) is 23.3 Å². The molecule has 1 aliphatic heterocycles. The highest BCUT2D eigenvalue weighted by molar-refractivity contribution is 6.10. The first-order valence-corrected chi connectivity index (χ1v) is 11.1. The molecular formula is C25H21N3O7. The van der Waals surface area contributed by atoms with Crippen LogP contribution in [0.3, 0.4) is 0 Å². The zero-order valence-electron chi connectivity index (χ0n) is 18.7. The molecule has 178 valence electrons. The van der Waals surface area contributed by atoms with E-state index in [4.69, 9.17) is 4.74 Å². The molecule has 2 bridgehead atoms. The first-order chi connectivity index (χ1) is 16.8. The molecule has 35 heavy (non-hydrogen) atoms. The number of nitro groups is 1. The number of hydrogen-bond donors (Lipinski definition) is 0. The molecular weight excluding hydrogens is 454 g/mol. The Balaban J connectivity index is 1.52. The summed E-state index contributed by atoms with van der Waals surface area (Å²) in [4.78, 5) is 64.1. The molecule has 3 aliphatic rings. The smallest absolute Gasteiger partial charge is 0.273 e. The molecule has 0 N–H and O–H groups in total. The fraction of sp³-hybridized carbons (Fsp3) is 0.280. The van der Waals surface area contributed by atoms with E-state index in [0.717, 1.165) is 16.1 Å². The number of non-ortho nitro benzene ring substituents is 1. The van der Waals surface area contributed by atoms with E-state index in [0.29, 0.717) is 12.2 Å². The Hall–Kier alpha value is -4.34. The lowest BCUT2D eigenvalue weighted by Crippen LogP contribution is -2.52. The van der Waals surface area contributed by atoms with Crippen LogP contribution in [-0.4, -0.2) is 52.1 Å². The molecule has 2 aromatic carbocycles. The number of ketones is 1. The summed E-state index contributed by atoms with van der Waals surface area (Å²) >= 11 is 0. The molecule has 10 heteroatoms. The zero-order chi connectivity index (χ0) is 24.9. The molecule has 2 fully saturated rings. The van der Waals surface area contributed by atoms with E-state index < -0.39 is 46.8 Å². The van der Waals surface area contributed by atoms with Crippen molar-refractivity contribution in [2.75, 3.05) is 13.7 Å². The number of Topliss-reactive ketones (excluding diaryl/α,β-unsaturated/α-hetero) is 1. The van der Waals surface area contributed by atoms with Crippen LogP contribution < -0.4 is 4.74 Å². The average Bonchev–Trinajstić information content (AvgIpc) is 3.56. The first kappa shape index (κ1) is 22.5. The average molecular weight is 475 g/mol. The van der Waals surface area contributed by atoms with Crippen molar-refractivity contribution in [2.24, 2.45) is 23.7 Å². The van der Waals surface area contributed by atoms with Gasteiger partial charge in [0.15, 0.2) is 5.78 Å². The summed E-state index contributed by atoms with van der Waals surface area (Å²) in [6, 6.07) is 11.2. The van der Waals surface area contributed by atoms with Crippen LogP contribution in [-0.2, 0) is 9.59 Å². The van der Waals surface area contributed by atoms with Gasteiger partial charge in [-0.1, -0.05) is 30.4 Å². The SMILES string of the molecule is COc1cccc(C(=O)CN(C(=O)c2cccc([N+](=O)[O-])c2)N2C(=O)[C@H]3[C@H](C2=O)[C@H]2C=C[C@H]3C2)c1. The third kappa shape index (κ3) is 3.67. The summed E-state index contributed by atoms with van der Waals surface area (Å²) in [6.45, 7) is -0.603. The number of rotatable bonds is 7. The maximum absolute atomic E-state index is 13.6. The number of amides is 3. The van der Waals surface area contributed by atoms with Gasteiger partial charge in [-0.3, -0.25) is 29.3 Å². The second-order valence-corrected chi connectivity index (χ2v) is 8.81. The zero-order valence-corrected chi connectivity index (χ0v) is 18.7.